The minimum Gasteiger partial charge on any atom is -0.399 e. The highest BCUT2D eigenvalue weighted by atomic mass is 19.4. The Morgan fingerprint density at radius 3 is 2.71 bits per heavy atom. The van der Waals surface area contributed by atoms with Crippen molar-refractivity contribution in [2.24, 2.45) is 5.92 Å². The molecule has 0 saturated heterocycles. The molecule has 1 aliphatic rings. The van der Waals surface area contributed by atoms with Crippen LogP contribution in [-0.2, 0) is 0 Å². The molecule has 1 aromatic rings. The van der Waals surface area contributed by atoms with Gasteiger partial charge in [-0.3, -0.25) is 4.79 Å². The second-order valence-corrected chi connectivity index (χ2v) is 5.65. The summed E-state index contributed by atoms with van der Waals surface area (Å²) in [6.07, 6.45) is -3.02. The summed E-state index contributed by atoms with van der Waals surface area (Å²) in [7, 11) is 0. The Bertz CT molecular complexity index is 528. The molecular formula is C15H19F3N2O. The van der Waals surface area contributed by atoms with Crippen LogP contribution < -0.4 is 11.1 Å². The number of nitrogens with two attached hydrogens (primary N) is 1. The Morgan fingerprint density at radius 2 is 2.05 bits per heavy atom. The lowest BCUT2D eigenvalue weighted by Gasteiger charge is -2.31. The van der Waals surface area contributed by atoms with E-state index in [2.05, 4.69) is 5.32 Å². The number of carbonyl (C=O) groups excluding carboxylic acids is 1. The van der Waals surface area contributed by atoms with Crippen molar-refractivity contribution in [2.45, 2.75) is 44.8 Å². The fourth-order valence-electron chi connectivity index (χ4n) is 2.77. The molecule has 2 atom stereocenters. The van der Waals surface area contributed by atoms with Gasteiger partial charge in [0.05, 0.1) is 5.92 Å². The van der Waals surface area contributed by atoms with Gasteiger partial charge in [0.15, 0.2) is 0 Å². The number of halogens is 3. The number of aryl methyl sites for hydroxylation is 1. The number of anilines is 1. The standard InChI is InChI=1S/C15H19F3N2O/c1-9-5-6-11(19)8-13(9)14(21)20-12-4-2-3-10(7-12)15(16,17)18/h5-6,8,10,12H,2-4,7,19H2,1H3,(H,20,21). The highest BCUT2D eigenvalue weighted by Gasteiger charge is 2.42. The molecule has 3 N–H and O–H groups in total. The normalized spacial score (nSPS) is 22.9. The maximum atomic E-state index is 12.8. The third-order valence-electron chi connectivity index (χ3n) is 3.98. The van der Waals surface area contributed by atoms with E-state index in [1.54, 1.807) is 25.1 Å². The number of rotatable bonds is 2. The van der Waals surface area contributed by atoms with E-state index in [0.717, 1.165) is 5.56 Å². The Morgan fingerprint density at radius 1 is 1.33 bits per heavy atom. The number of nitrogens with one attached hydrogen (secondary N) is 1. The fourth-order valence-corrected chi connectivity index (χ4v) is 2.77. The zero-order chi connectivity index (χ0) is 15.6. The van der Waals surface area contributed by atoms with Gasteiger partial charge in [-0.1, -0.05) is 12.5 Å². The third-order valence-corrected chi connectivity index (χ3v) is 3.98. The first kappa shape index (κ1) is 15.7. The maximum Gasteiger partial charge on any atom is 0.391 e. The molecule has 1 amide bonds. The first-order valence-electron chi connectivity index (χ1n) is 7.01. The summed E-state index contributed by atoms with van der Waals surface area (Å²) in [6, 6.07) is 4.53. The summed E-state index contributed by atoms with van der Waals surface area (Å²) in [5.41, 5.74) is 7.28. The van der Waals surface area contributed by atoms with Crippen molar-refractivity contribution in [1.29, 1.82) is 0 Å². The minimum atomic E-state index is -4.18. The van der Waals surface area contributed by atoms with Crippen LogP contribution in [0.25, 0.3) is 0 Å². The van der Waals surface area contributed by atoms with E-state index in [4.69, 9.17) is 5.73 Å². The molecule has 1 aliphatic carbocycles. The molecule has 3 nitrogen and oxygen atoms in total. The van der Waals surface area contributed by atoms with Gasteiger partial charge in [-0.05, 0) is 43.9 Å². The largest absolute Gasteiger partial charge is 0.399 e. The summed E-state index contributed by atoms with van der Waals surface area (Å²) in [6.45, 7) is 1.77. The van der Waals surface area contributed by atoms with Gasteiger partial charge in [0.1, 0.15) is 0 Å². The van der Waals surface area contributed by atoms with Crippen molar-refractivity contribution in [3.8, 4) is 0 Å². The number of alkyl halides is 3. The zero-order valence-electron chi connectivity index (χ0n) is 11.8. The molecule has 0 spiro atoms. The Kier molecular flexibility index (Phi) is 4.44. The van der Waals surface area contributed by atoms with Gasteiger partial charge >= 0.3 is 6.18 Å². The summed E-state index contributed by atoms with van der Waals surface area (Å²) >= 11 is 0. The van der Waals surface area contributed by atoms with Crippen LogP contribution in [0.1, 0.15) is 41.6 Å². The van der Waals surface area contributed by atoms with Crippen LogP contribution in [0.15, 0.2) is 18.2 Å². The maximum absolute atomic E-state index is 12.8. The van der Waals surface area contributed by atoms with Gasteiger partial charge in [-0.15, -0.1) is 0 Å². The van der Waals surface area contributed by atoms with Gasteiger partial charge in [-0.25, -0.2) is 0 Å². The van der Waals surface area contributed by atoms with E-state index in [1.165, 1.54) is 0 Å². The molecule has 0 bridgehead atoms. The first-order valence-corrected chi connectivity index (χ1v) is 7.01. The van der Waals surface area contributed by atoms with Gasteiger partial charge in [0.25, 0.3) is 5.91 Å². The average Bonchev–Trinajstić information content (AvgIpc) is 2.41. The molecule has 0 heterocycles. The van der Waals surface area contributed by atoms with E-state index >= 15 is 0 Å². The summed E-state index contributed by atoms with van der Waals surface area (Å²) in [5.74, 6) is -1.67. The molecule has 2 unspecified atom stereocenters. The van der Waals surface area contributed by atoms with Gasteiger partial charge in [-0.2, -0.15) is 13.2 Å². The van der Waals surface area contributed by atoms with Gasteiger partial charge in [0.2, 0.25) is 0 Å². The highest BCUT2D eigenvalue weighted by molar-refractivity contribution is 5.96. The molecule has 116 valence electrons. The number of carbonyl (C=O) groups is 1. The van der Waals surface area contributed by atoms with Crippen molar-refractivity contribution in [3.63, 3.8) is 0 Å². The van der Waals surface area contributed by atoms with Crippen LogP contribution in [0.4, 0.5) is 18.9 Å². The number of benzene rings is 1. The zero-order valence-corrected chi connectivity index (χ0v) is 11.8. The van der Waals surface area contributed by atoms with E-state index in [-0.39, 0.29) is 18.7 Å². The molecule has 6 heteroatoms. The number of nitrogen functional groups attached to an aromatic ring is 1. The topological polar surface area (TPSA) is 55.1 Å². The van der Waals surface area contributed by atoms with Crippen LogP contribution in [-0.4, -0.2) is 18.1 Å². The van der Waals surface area contributed by atoms with Crippen molar-refractivity contribution in [1.82, 2.24) is 5.32 Å². The summed E-state index contributed by atoms with van der Waals surface area (Å²) < 4.78 is 38.3. The molecule has 21 heavy (non-hydrogen) atoms. The lowest BCUT2D eigenvalue weighted by atomic mass is 9.85. The Balaban J connectivity index is 2.04. The predicted octanol–water partition coefficient (Wildman–Crippen LogP) is 3.43. The second kappa shape index (κ2) is 5.95. The van der Waals surface area contributed by atoms with E-state index in [0.29, 0.717) is 24.1 Å². The van der Waals surface area contributed by atoms with Crippen molar-refractivity contribution in [2.75, 3.05) is 5.73 Å². The molecule has 2 rings (SSSR count). The molecular weight excluding hydrogens is 281 g/mol. The number of amides is 1. The Hall–Kier alpha value is -1.72. The van der Waals surface area contributed by atoms with Crippen molar-refractivity contribution >= 4 is 11.6 Å². The van der Waals surface area contributed by atoms with E-state index < -0.39 is 18.1 Å². The molecule has 1 fully saturated rings. The third kappa shape index (κ3) is 3.89. The SMILES string of the molecule is Cc1ccc(N)cc1C(=O)NC1CCCC(C(F)(F)F)C1. The van der Waals surface area contributed by atoms with Crippen LogP contribution in [0, 0.1) is 12.8 Å². The van der Waals surface area contributed by atoms with Crippen LogP contribution in [0.2, 0.25) is 0 Å². The van der Waals surface area contributed by atoms with Gasteiger partial charge < -0.3 is 11.1 Å². The molecule has 0 radical (unpaired) electrons. The fraction of sp³-hybridized carbons (Fsp3) is 0.533. The average molecular weight is 300 g/mol. The summed E-state index contributed by atoms with van der Waals surface area (Å²) in [5, 5.41) is 2.71. The number of hydrogen-bond acceptors (Lipinski definition) is 2. The minimum absolute atomic E-state index is 0.0450. The molecule has 0 aromatic heterocycles. The van der Waals surface area contributed by atoms with Crippen LogP contribution in [0.5, 0.6) is 0 Å². The highest BCUT2D eigenvalue weighted by Crippen LogP contribution is 2.37. The van der Waals surface area contributed by atoms with Crippen LogP contribution in [0.3, 0.4) is 0 Å². The predicted molar refractivity (Wildman–Crippen MR) is 74.9 cm³/mol. The lowest BCUT2D eigenvalue weighted by molar-refractivity contribution is -0.183. The quantitative estimate of drug-likeness (QED) is 0.822. The van der Waals surface area contributed by atoms with Crippen molar-refractivity contribution in [3.05, 3.63) is 29.3 Å². The van der Waals surface area contributed by atoms with Crippen molar-refractivity contribution < 1.29 is 18.0 Å². The molecule has 1 aromatic carbocycles. The number of hydrogen-bond donors (Lipinski definition) is 2. The lowest BCUT2D eigenvalue weighted by Crippen LogP contribution is -2.41. The summed E-state index contributed by atoms with van der Waals surface area (Å²) in [4.78, 5) is 12.2. The van der Waals surface area contributed by atoms with E-state index in [1.807, 2.05) is 0 Å². The molecule has 1 saturated carbocycles. The van der Waals surface area contributed by atoms with Crippen LogP contribution >= 0.6 is 0 Å². The van der Waals surface area contributed by atoms with E-state index in [9.17, 15) is 18.0 Å². The first-order chi connectivity index (χ1) is 9.77. The smallest absolute Gasteiger partial charge is 0.391 e. The Labute approximate surface area is 121 Å². The molecule has 0 aliphatic heterocycles. The monoisotopic (exact) mass is 300 g/mol. The van der Waals surface area contributed by atoms with Gasteiger partial charge in [0, 0.05) is 17.3 Å². The second-order valence-electron chi connectivity index (χ2n) is 5.65.